The molecule has 4 N–H and O–H groups in total. The molecule has 3 heterocycles. The van der Waals surface area contributed by atoms with Crippen LogP contribution in [0.4, 0.5) is 11.8 Å². The van der Waals surface area contributed by atoms with Crippen molar-refractivity contribution in [3.63, 3.8) is 0 Å². The molecule has 9 heteroatoms. The van der Waals surface area contributed by atoms with Crippen molar-refractivity contribution >= 4 is 33.3 Å². The third-order valence-electron chi connectivity index (χ3n) is 3.03. The van der Waals surface area contributed by atoms with Crippen molar-refractivity contribution in [1.82, 2.24) is 25.0 Å². The number of aromatic nitrogens is 5. The van der Waals surface area contributed by atoms with Crippen LogP contribution in [-0.2, 0) is 13.0 Å². The van der Waals surface area contributed by atoms with E-state index >= 15 is 0 Å². The van der Waals surface area contributed by atoms with E-state index in [0.29, 0.717) is 19.0 Å². The van der Waals surface area contributed by atoms with Gasteiger partial charge in [-0.2, -0.15) is 4.98 Å². The maximum Gasteiger partial charge on any atom is 0.240 e. The molecular formula is C12H16N8S. The number of hydrazine groups is 1. The second-order valence-corrected chi connectivity index (χ2v) is 5.53. The highest BCUT2D eigenvalue weighted by Crippen LogP contribution is 2.30. The summed E-state index contributed by atoms with van der Waals surface area (Å²) in [5.74, 6) is 6.63. The van der Waals surface area contributed by atoms with Crippen LogP contribution in [0.2, 0.25) is 0 Å². The zero-order valence-electron chi connectivity index (χ0n) is 11.6. The molecule has 3 rings (SSSR count). The van der Waals surface area contributed by atoms with E-state index < -0.39 is 0 Å². The Morgan fingerprint density at radius 1 is 1.38 bits per heavy atom. The number of nitrogens with two attached hydrogens (primary N) is 1. The van der Waals surface area contributed by atoms with Crippen LogP contribution in [0, 0.1) is 0 Å². The first-order chi connectivity index (χ1) is 10.3. The van der Waals surface area contributed by atoms with Crippen LogP contribution >= 0.6 is 11.3 Å². The summed E-state index contributed by atoms with van der Waals surface area (Å²) in [7, 11) is 0. The second-order valence-electron chi connectivity index (χ2n) is 4.42. The van der Waals surface area contributed by atoms with E-state index in [-0.39, 0.29) is 0 Å². The van der Waals surface area contributed by atoms with Crippen LogP contribution in [0.3, 0.4) is 0 Å². The van der Waals surface area contributed by atoms with Crippen molar-refractivity contribution < 1.29 is 0 Å². The molecule has 0 saturated heterocycles. The molecule has 0 aliphatic heterocycles. The molecule has 0 saturated carbocycles. The quantitative estimate of drug-likeness (QED) is 0.464. The minimum atomic E-state index is 0.412. The van der Waals surface area contributed by atoms with E-state index in [2.05, 4.69) is 44.0 Å². The Balaban J connectivity index is 1.83. The molecule has 0 atom stereocenters. The number of hydrogen-bond acceptors (Lipinski definition) is 8. The second kappa shape index (κ2) is 6.02. The summed E-state index contributed by atoms with van der Waals surface area (Å²) < 4.78 is 1.76. The van der Waals surface area contributed by atoms with Gasteiger partial charge in [0.05, 0.1) is 18.1 Å². The highest BCUT2D eigenvalue weighted by atomic mass is 32.1. The highest BCUT2D eigenvalue weighted by Gasteiger charge is 2.10. The number of thiophene rings is 1. The van der Waals surface area contributed by atoms with E-state index in [1.54, 1.807) is 22.2 Å². The van der Waals surface area contributed by atoms with E-state index in [9.17, 15) is 0 Å². The number of anilines is 2. The third kappa shape index (κ3) is 2.93. The number of aryl methyl sites for hydroxylation is 1. The summed E-state index contributed by atoms with van der Waals surface area (Å²) in [6.45, 7) is 3.52. The molecule has 21 heavy (non-hydrogen) atoms. The van der Waals surface area contributed by atoms with Crippen LogP contribution in [0.5, 0.6) is 0 Å². The van der Waals surface area contributed by atoms with Gasteiger partial charge in [-0.15, -0.1) is 16.4 Å². The zero-order chi connectivity index (χ0) is 14.7. The largest absolute Gasteiger partial charge is 0.368 e. The molecule has 0 aliphatic rings. The molecule has 0 fully saturated rings. The molecule has 0 aromatic carbocycles. The molecular weight excluding hydrogens is 288 g/mol. The van der Waals surface area contributed by atoms with Gasteiger partial charge in [-0.25, -0.2) is 10.8 Å². The van der Waals surface area contributed by atoms with Crippen molar-refractivity contribution in [3.05, 3.63) is 23.3 Å². The van der Waals surface area contributed by atoms with Crippen molar-refractivity contribution in [2.45, 2.75) is 19.9 Å². The standard InChI is InChI=1S/C12H16N8S/c1-2-8-7-9-10(14-3-5-20-6-4-15-19-20)16-12(18-13)17-11(9)21-8/h4,6-7H,2-3,5,13H2,1H3,(H2,14,16,17,18). The van der Waals surface area contributed by atoms with E-state index in [0.717, 1.165) is 22.5 Å². The van der Waals surface area contributed by atoms with Crippen molar-refractivity contribution in [3.8, 4) is 0 Å². The summed E-state index contributed by atoms with van der Waals surface area (Å²) in [5.41, 5.74) is 2.51. The molecule has 0 radical (unpaired) electrons. The fourth-order valence-corrected chi connectivity index (χ4v) is 2.95. The lowest BCUT2D eigenvalue weighted by Gasteiger charge is -2.08. The normalized spacial score (nSPS) is 11.0. The number of hydrogen-bond donors (Lipinski definition) is 3. The van der Waals surface area contributed by atoms with Gasteiger partial charge in [0, 0.05) is 17.6 Å². The van der Waals surface area contributed by atoms with Gasteiger partial charge in [0.25, 0.3) is 0 Å². The average Bonchev–Trinajstić information content (AvgIpc) is 3.15. The number of rotatable bonds is 6. The minimum Gasteiger partial charge on any atom is -0.368 e. The molecule has 0 aliphatic carbocycles. The van der Waals surface area contributed by atoms with E-state index in [1.165, 1.54) is 4.88 Å². The van der Waals surface area contributed by atoms with Crippen LogP contribution in [0.15, 0.2) is 18.5 Å². The maximum absolute atomic E-state index is 5.43. The topological polar surface area (TPSA) is 107 Å². The summed E-state index contributed by atoms with van der Waals surface area (Å²) in [4.78, 5) is 11.0. The molecule has 110 valence electrons. The lowest BCUT2D eigenvalue weighted by Crippen LogP contribution is -2.15. The predicted octanol–water partition coefficient (Wildman–Crippen LogP) is 1.24. The maximum atomic E-state index is 5.43. The van der Waals surface area contributed by atoms with Gasteiger partial charge in [0.15, 0.2) is 0 Å². The third-order valence-corrected chi connectivity index (χ3v) is 4.20. The average molecular weight is 304 g/mol. The molecule has 3 aromatic rings. The van der Waals surface area contributed by atoms with Crippen LogP contribution < -0.4 is 16.6 Å². The lowest BCUT2D eigenvalue weighted by atomic mass is 10.3. The van der Waals surface area contributed by atoms with Gasteiger partial charge >= 0.3 is 0 Å². The van der Waals surface area contributed by atoms with Gasteiger partial charge in [-0.05, 0) is 12.5 Å². The molecule has 0 bridgehead atoms. The summed E-state index contributed by atoms with van der Waals surface area (Å²) in [5, 5.41) is 12.0. The summed E-state index contributed by atoms with van der Waals surface area (Å²) in [6.07, 6.45) is 4.46. The monoisotopic (exact) mass is 304 g/mol. The number of nitrogens with zero attached hydrogens (tertiary/aromatic N) is 5. The highest BCUT2D eigenvalue weighted by molar-refractivity contribution is 7.18. The van der Waals surface area contributed by atoms with Crippen LogP contribution in [0.25, 0.3) is 10.2 Å². The Morgan fingerprint density at radius 3 is 3.00 bits per heavy atom. The first kappa shape index (κ1) is 13.7. The minimum absolute atomic E-state index is 0.412. The van der Waals surface area contributed by atoms with Gasteiger partial charge in [0.2, 0.25) is 5.95 Å². The fraction of sp³-hybridized carbons (Fsp3) is 0.333. The number of fused-ring (bicyclic) bond motifs is 1. The zero-order valence-corrected chi connectivity index (χ0v) is 12.4. The van der Waals surface area contributed by atoms with Crippen molar-refractivity contribution in [1.29, 1.82) is 0 Å². The van der Waals surface area contributed by atoms with E-state index in [4.69, 9.17) is 5.84 Å². The Hall–Kier alpha value is -2.26. The molecule has 0 amide bonds. The summed E-state index contributed by atoms with van der Waals surface area (Å²) >= 11 is 1.66. The first-order valence-corrected chi connectivity index (χ1v) is 7.47. The summed E-state index contributed by atoms with van der Waals surface area (Å²) in [6, 6.07) is 2.12. The Bertz CT molecular complexity index is 720. The molecule has 3 aromatic heterocycles. The number of nitrogens with one attached hydrogen (secondary N) is 2. The Morgan fingerprint density at radius 2 is 2.29 bits per heavy atom. The van der Waals surface area contributed by atoms with Gasteiger partial charge < -0.3 is 5.32 Å². The number of nitrogen functional groups attached to an aromatic ring is 1. The van der Waals surface area contributed by atoms with Gasteiger partial charge in [-0.3, -0.25) is 10.1 Å². The van der Waals surface area contributed by atoms with Crippen LogP contribution in [-0.4, -0.2) is 31.5 Å². The van der Waals surface area contributed by atoms with E-state index in [1.807, 2.05) is 6.20 Å². The lowest BCUT2D eigenvalue weighted by molar-refractivity contribution is 0.608. The molecule has 8 nitrogen and oxygen atoms in total. The van der Waals surface area contributed by atoms with Gasteiger partial charge in [-0.1, -0.05) is 12.1 Å². The SMILES string of the molecule is CCc1cc2c(NCCn3ccnn3)nc(NN)nc2s1. The Labute approximate surface area is 125 Å². The van der Waals surface area contributed by atoms with Crippen molar-refractivity contribution in [2.75, 3.05) is 17.3 Å². The molecule has 0 spiro atoms. The first-order valence-electron chi connectivity index (χ1n) is 6.65. The van der Waals surface area contributed by atoms with Crippen molar-refractivity contribution in [2.24, 2.45) is 5.84 Å². The fourth-order valence-electron chi connectivity index (χ4n) is 1.99. The predicted molar refractivity (Wildman–Crippen MR) is 83.1 cm³/mol. The Kier molecular flexibility index (Phi) is 3.93. The smallest absolute Gasteiger partial charge is 0.240 e. The molecule has 0 unspecified atom stereocenters. The van der Waals surface area contributed by atoms with Crippen LogP contribution in [0.1, 0.15) is 11.8 Å². The van der Waals surface area contributed by atoms with Gasteiger partial charge in [0.1, 0.15) is 10.6 Å².